The van der Waals surface area contributed by atoms with Gasteiger partial charge in [-0.2, -0.15) is 0 Å². The Morgan fingerprint density at radius 1 is 0.895 bits per heavy atom. The molecule has 57 heavy (non-hydrogen) atoms. The van der Waals surface area contributed by atoms with Gasteiger partial charge in [-0.25, -0.2) is 0 Å². The first-order valence-corrected chi connectivity index (χ1v) is 21.9. The maximum absolute atomic E-state index is 13.3. The van der Waals surface area contributed by atoms with Gasteiger partial charge >= 0.3 is 5.97 Å². The van der Waals surface area contributed by atoms with Crippen LogP contribution in [0.1, 0.15) is 109 Å². The highest BCUT2D eigenvalue weighted by Crippen LogP contribution is 2.79. The highest BCUT2D eigenvalue weighted by Gasteiger charge is 2.74. The fraction of sp³-hybridized carbons (Fsp3) is 0.804. The van der Waals surface area contributed by atoms with E-state index in [0.717, 1.165) is 57.1 Å². The third-order valence-corrected chi connectivity index (χ3v) is 17.9. The molecule has 5 saturated carbocycles. The number of carboxylic acids is 1. The molecule has 1 heterocycles. The summed E-state index contributed by atoms with van der Waals surface area (Å²) in [6.45, 7) is 9.92. The van der Waals surface area contributed by atoms with Crippen LogP contribution in [0.15, 0.2) is 35.9 Å². The molecule has 7 aliphatic rings. The molecule has 16 atom stereocenters. The minimum absolute atomic E-state index is 0.0308. The van der Waals surface area contributed by atoms with Crippen LogP contribution in [0.25, 0.3) is 0 Å². The average Bonchev–Trinajstić information content (AvgIpc) is 3.19. The van der Waals surface area contributed by atoms with E-state index < -0.39 is 53.6 Å². The number of ether oxygens (including phenoxy) is 3. The van der Waals surface area contributed by atoms with E-state index in [1.165, 1.54) is 11.1 Å². The topological polar surface area (TPSA) is 178 Å². The van der Waals surface area contributed by atoms with E-state index in [4.69, 9.17) is 14.2 Å². The SMILES string of the molecule is CNCc1ccc(CO[C@@H]2C[C@@]3(C)[C@H](CC[C@@]45CCC[C@@H](C=C6[C@@H]7C[C@@](C)(CO)CC[C@]7(C(=O)O)CC[C@]64C)[C@H]35)[C@](C)(CO)[C@@H]2O[C@@H]2OC[C@@H](O)[C@H](O)[C@H]2O)cc1. The van der Waals surface area contributed by atoms with E-state index in [-0.39, 0.29) is 65.2 Å². The number of rotatable bonds is 10. The predicted molar refractivity (Wildman–Crippen MR) is 212 cm³/mol. The molecular formula is C46H69NO10. The summed E-state index contributed by atoms with van der Waals surface area (Å²) in [6, 6.07) is 8.34. The first kappa shape index (κ1) is 41.8. The summed E-state index contributed by atoms with van der Waals surface area (Å²) in [5, 5.41) is 68.4. The monoisotopic (exact) mass is 795 g/mol. The summed E-state index contributed by atoms with van der Waals surface area (Å²) < 4.78 is 19.6. The minimum atomic E-state index is -1.47. The normalized spacial score (nSPS) is 49.1. The zero-order valence-electron chi connectivity index (χ0n) is 34.8. The lowest BCUT2D eigenvalue weighted by atomic mass is 9.29. The van der Waals surface area contributed by atoms with Crippen LogP contribution in [0.2, 0.25) is 0 Å². The lowest BCUT2D eigenvalue weighted by molar-refractivity contribution is -0.336. The van der Waals surface area contributed by atoms with Crippen molar-refractivity contribution in [3.63, 3.8) is 0 Å². The van der Waals surface area contributed by atoms with Gasteiger partial charge in [0.25, 0.3) is 0 Å². The Morgan fingerprint density at radius 3 is 2.30 bits per heavy atom. The molecule has 8 rings (SSSR count). The molecule has 0 spiro atoms. The van der Waals surface area contributed by atoms with Gasteiger partial charge in [0.1, 0.15) is 18.3 Å². The Morgan fingerprint density at radius 2 is 1.61 bits per heavy atom. The van der Waals surface area contributed by atoms with Gasteiger partial charge in [-0.1, -0.05) is 70.0 Å². The molecule has 318 valence electrons. The Balaban J connectivity index is 1.20. The van der Waals surface area contributed by atoms with Gasteiger partial charge < -0.3 is 50.2 Å². The van der Waals surface area contributed by atoms with Crippen molar-refractivity contribution >= 4 is 5.97 Å². The highest BCUT2D eigenvalue weighted by molar-refractivity contribution is 5.76. The van der Waals surface area contributed by atoms with Crippen LogP contribution < -0.4 is 5.32 Å². The Hall–Kier alpha value is -1.93. The molecule has 2 bridgehead atoms. The number of fused-ring (bicyclic) bond motifs is 4. The third-order valence-electron chi connectivity index (χ3n) is 17.9. The number of aliphatic hydroxyl groups is 5. The van der Waals surface area contributed by atoms with Crippen molar-refractivity contribution in [2.24, 2.45) is 56.2 Å². The maximum atomic E-state index is 13.3. The fourth-order valence-corrected chi connectivity index (χ4v) is 14.9. The van der Waals surface area contributed by atoms with Gasteiger partial charge in [-0.15, -0.1) is 0 Å². The first-order chi connectivity index (χ1) is 27.0. The number of carboxylic acid groups (broad SMARTS) is 1. The molecule has 11 nitrogen and oxygen atoms in total. The smallest absolute Gasteiger partial charge is 0.310 e. The first-order valence-electron chi connectivity index (χ1n) is 21.9. The zero-order valence-corrected chi connectivity index (χ0v) is 34.8. The molecule has 1 aromatic carbocycles. The van der Waals surface area contributed by atoms with Gasteiger partial charge in [0.2, 0.25) is 0 Å². The average molecular weight is 796 g/mol. The van der Waals surface area contributed by atoms with E-state index in [2.05, 4.69) is 63.4 Å². The predicted octanol–water partition coefficient (Wildman–Crippen LogP) is 4.95. The van der Waals surface area contributed by atoms with Gasteiger partial charge in [0, 0.05) is 18.6 Å². The molecule has 1 aromatic rings. The molecule has 0 unspecified atom stereocenters. The molecule has 1 saturated heterocycles. The number of carbonyl (C=O) groups is 1. The Labute approximate surface area is 338 Å². The zero-order chi connectivity index (χ0) is 40.8. The van der Waals surface area contributed by atoms with Crippen LogP contribution in [0.4, 0.5) is 0 Å². The van der Waals surface area contributed by atoms with E-state index >= 15 is 0 Å². The molecule has 1 aliphatic heterocycles. The van der Waals surface area contributed by atoms with Gasteiger partial charge in [0.15, 0.2) is 6.29 Å². The van der Waals surface area contributed by atoms with E-state index in [9.17, 15) is 35.4 Å². The van der Waals surface area contributed by atoms with Crippen molar-refractivity contribution in [2.45, 2.75) is 148 Å². The Bertz CT molecular complexity index is 1690. The number of allylic oxidation sites excluding steroid dienone is 2. The number of aliphatic hydroxyl groups excluding tert-OH is 5. The number of hydrogen-bond acceptors (Lipinski definition) is 10. The number of hydrogen-bond donors (Lipinski definition) is 7. The molecule has 6 aliphatic carbocycles. The van der Waals surface area contributed by atoms with Crippen molar-refractivity contribution in [3.8, 4) is 0 Å². The maximum Gasteiger partial charge on any atom is 0.310 e. The Kier molecular flexibility index (Phi) is 10.9. The molecule has 0 radical (unpaired) electrons. The molecule has 0 amide bonds. The number of benzene rings is 1. The molecule has 0 aromatic heterocycles. The fourth-order valence-electron chi connectivity index (χ4n) is 14.9. The van der Waals surface area contributed by atoms with Crippen LogP contribution in [0.3, 0.4) is 0 Å². The summed E-state index contributed by atoms with van der Waals surface area (Å²) in [5.74, 6) is -0.255. The lowest BCUT2D eigenvalue weighted by Gasteiger charge is -2.75. The molecule has 6 fully saturated rings. The molecule has 11 heteroatoms. The molecular weight excluding hydrogens is 727 g/mol. The summed E-state index contributed by atoms with van der Waals surface area (Å²) in [7, 11) is 1.92. The summed E-state index contributed by atoms with van der Waals surface area (Å²) in [6.07, 6.45) is 5.23. The summed E-state index contributed by atoms with van der Waals surface area (Å²) in [4.78, 5) is 13.3. The quantitative estimate of drug-likeness (QED) is 0.126. The minimum Gasteiger partial charge on any atom is -0.481 e. The van der Waals surface area contributed by atoms with Crippen molar-refractivity contribution in [1.29, 1.82) is 0 Å². The lowest BCUT2D eigenvalue weighted by Crippen LogP contribution is -2.71. The highest BCUT2D eigenvalue weighted by atomic mass is 16.7. The largest absolute Gasteiger partial charge is 0.481 e. The number of nitrogens with one attached hydrogen (secondary N) is 1. The second-order valence-electron chi connectivity index (χ2n) is 20.8. The van der Waals surface area contributed by atoms with Crippen molar-refractivity contribution < 1.29 is 49.6 Å². The van der Waals surface area contributed by atoms with Crippen LogP contribution in [0.5, 0.6) is 0 Å². The van der Waals surface area contributed by atoms with Crippen LogP contribution in [0, 0.1) is 56.2 Å². The molecule has 7 N–H and O–H groups in total. The van der Waals surface area contributed by atoms with Crippen molar-refractivity contribution in [3.05, 3.63) is 47.0 Å². The second kappa shape index (κ2) is 14.9. The second-order valence-corrected chi connectivity index (χ2v) is 20.8. The summed E-state index contributed by atoms with van der Waals surface area (Å²) in [5.41, 5.74) is 1.05. The van der Waals surface area contributed by atoms with Crippen molar-refractivity contribution in [1.82, 2.24) is 5.32 Å². The van der Waals surface area contributed by atoms with Gasteiger partial charge in [-0.3, -0.25) is 4.79 Å². The van der Waals surface area contributed by atoms with Crippen LogP contribution >= 0.6 is 0 Å². The number of aliphatic carboxylic acids is 1. The van der Waals surface area contributed by atoms with E-state index in [1.54, 1.807) is 0 Å². The van der Waals surface area contributed by atoms with Gasteiger partial charge in [-0.05, 0) is 128 Å². The van der Waals surface area contributed by atoms with Crippen LogP contribution in [-0.4, -0.2) is 100 Å². The van der Waals surface area contributed by atoms with Gasteiger partial charge in [0.05, 0.1) is 37.4 Å². The van der Waals surface area contributed by atoms with E-state index in [0.29, 0.717) is 32.3 Å². The van der Waals surface area contributed by atoms with Crippen LogP contribution in [-0.2, 0) is 32.2 Å². The third kappa shape index (κ3) is 6.26. The van der Waals surface area contributed by atoms with E-state index in [1.807, 2.05) is 7.05 Å². The summed E-state index contributed by atoms with van der Waals surface area (Å²) >= 11 is 0. The standard InChI is InChI=1S/C46H69NO10/c1-41(25-48)15-17-45(40(53)54)18-16-44(4)30(31(45)20-41)19-29-7-6-13-46(44)14-12-34-42(2,37(29)46)21-33(55-23-28-10-8-27(9-11-28)22-47-5)38(43(34,3)26-49)57-39-36(52)35(51)32(50)24-56-39/h8-11,19,29,31-39,47-52H,6-7,12-18,20-26H2,1-5H3,(H,53,54)/t29-,31-,32+,33+,34-,35-,36+,37+,38+,39-,41-,42-,43-,44+,45-,46+/m0/s1. The van der Waals surface area contributed by atoms with Crippen molar-refractivity contribution in [2.75, 3.05) is 26.9 Å².